The van der Waals surface area contributed by atoms with Crippen LogP contribution in [0.15, 0.2) is 18.5 Å². The molecule has 0 amide bonds. The molecule has 6 nitrogen and oxygen atoms in total. The minimum Gasteiger partial charge on any atom is -0.384 e. The van der Waals surface area contributed by atoms with Crippen molar-refractivity contribution in [3.63, 3.8) is 0 Å². The largest absolute Gasteiger partial charge is 0.384 e. The molecule has 1 aliphatic heterocycles. The maximum Gasteiger partial charge on any atom is 0.166 e. The van der Waals surface area contributed by atoms with Crippen molar-refractivity contribution in [3.8, 4) is 0 Å². The quantitative estimate of drug-likeness (QED) is 0.860. The molecule has 0 aromatic carbocycles. The van der Waals surface area contributed by atoms with Crippen molar-refractivity contribution >= 4 is 22.7 Å². The van der Waals surface area contributed by atoms with E-state index in [1.54, 1.807) is 6.33 Å². The first kappa shape index (κ1) is 12.8. The van der Waals surface area contributed by atoms with Crippen LogP contribution < -0.4 is 10.6 Å². The molecule has 1 saturated heterocycles. The van der Waals surface area contributed by atoms with E-state index in [1.165, 1.54) is 19.3 Å². The van der Waals surface area contributed by atoms with E-state index in [9.17, 15) is 0 Å². The molecule has 2 fully saturated rings. The van der Waals surface area contributed by atoms with E-state index < -0.39 is 0 Å². The summed E-state index contributed by atoms with van der Waals surface area (Å²) in [5.74, 6) is 1.46. The maximum absolute atomic E-state index is 5.94. The van der Waals surface area contributed by atoms with Gasteiger partial charge in [0.25, 0.3) is 0 Å². The van der Waals surface area contributed by atoms with Gasteiger partial charge in [-0.3, -0.25) is 0 Å². The van der Waals surface area contributed by atoms with E-state index in [-0.39, 0.29) is 0 Å². The molecule has 2 aromatic heterocycles. The van der Waals surface area contributed by atoms with Crippen molar-refractivity contribution < 1.29 is 4.74 Å². The fourth-order valence-electron chi connectivity index (χ4n) is 3.53. The van der Waals surface area contributed by atoms with Gasteiger partial charge in [-0.05, 0) is 25.0 Å². The lowest BCUT2D eigenvalue weighted by atomic mass is 9.90. The van der Waals surface area contributed by atoms with Crippen molar-refractivity contribution in [2.75, 3.05) is 23.8 Å². The second kappa shape index (κ2) is 5.11. The Morgan fingerprint density at radius 3 is 3.05 bits per heavy atom. The number of anilines is 2. The first-order valence-electron chi connectivity index (χ1n) is 7.58. The molecule has 0 bridgehead atoms. The zero-order valence-corrected chi connectivity index (χ0v) is 11.9. The molecular weight excluding hydrogens is 266 g/mol. The molecule has 21 heavy (non-hydrogen) atoms. The molecule has 4 rings (SSSR count). The summed E-state index contributed by atoms with van der Waals surface area (Å²) in [4.78, 5) is 15.5. The van der Waals surface area contributed by atoms with Crippen LogP contribution in [0, 0.1) is 0 Å². The average Bonchev–Trinajstić information content (AvgIpc) is 2.53. The number of aromatic nitrogens is 3. The zero-order chi connectivity index (χ0) is 14.2. The Bertz CT molecular complexity index is 660. The van der Waals surface area contributed by atoms with Crippen LogP contribution in [0.3, 0.4) is 0 Å². The Balaban J connectivity index is 1.78. The number of nitrogens with zero attached hydrogens (tertiary/aromatic N) is 4. The lowest BCUT2D eigenvalue weighted by Gasteiger charge is -2.44. The van der Waals surface area contributed by atoms with Gasteiger partial charge >= 0.3 is 0 Å². The third kappa shape index (κ3) is 2.19. The van der Waals surface area contributed by atoms with Gasteiger partial charge in [-0.2, -0.15) is 0 Å². The summed E-state index contributed by atoms with van der Waals surface area (Å²) in [6.07, 6.45) is 6.75. The van der Waals surface area contributed by atoms with Gasteiger partial charge in [0.2, 0.25) is 0 Å². The number of morpholine rings is 1. The van der Waals surface area contributed by atoms with E-state index >= 15 is 0 Å². The highest BCUT2D eigenvalue weighted by Gasteiger charge is 2.35. The molecule has 1 saturated carbocycles. The van der Waals surface area contributed by atoms with Gasteiger partial charge in [0.1, 0.15) is 18.0 Å². The van der Waals surface area contributed by atoms with Crippen LogP contribution in [0.25, 0.3) is 11.0 Å². The van der Waals surface area contributed by atoms with Crippen LogP contribution >= 0.6 is 0 Å². The SMILES string of the molecule is Nc1ccc2c(N3CCO[C@@H]4CCCC[C@@H]43)ncnc2n1. The zero-order valence-electron chi connectivity index (χ0n) is 11.9. The van der Waals surface area contributed by atoms with Crippen LogP contribution in [-0.2, 0) is 4.74 Å². The molecule has 1 aliphatic carbocycles. The minimum atomic E-state index is 0.333. The van der Waals surface area contributed by atoms with E-state index in [0.717, 1.165) is 30.8 Å². The van der Waals surface area contributed by atoms with E-state index in [0.29, 0.717) is 23.6 Å². The maximum atomic E-state index is 5.94. The van der Waals surface area contributed by atoms with Crippen molar-refractivity contribution in [3.05, 3.63) is 18.5 Å². The number of pyridine rings is 1. The van der Waals surface area contributed by atoms with Gasteiger partial charge in [0.15, 0.2) is 5.65 Å². The number of hydrogen-bond acceptors (Lipinski definition) is 6. The Hall–Kier alpha value is -1.95. The number of hydrogen-bond donors (Lipinski definition) is 1. The van der Waals surface area contributed by atoms with Gasteiger partial charge in [0, 0.05) is 6.54 Å². The molecule has 0 spiro atoms. The molecule has 2 aliphatic rings. The molecule has 0 unspecified atom stereocenters. The molecule has 2 N–H and O–H groups in total. The standard InChI is InChI=1S/C15H19N5O/c16-13-6-5-10-14(19-13)17-9-18-15(10)20-7-8-21-12-4-2-1-3-11(12)20/h5-6,9,11-12H,1-4,7-8H2,(H2,16,17,18,19)/t11-,12+/m0/s1. The second-order valence-electron chi connectivity index (χ2n) is 5.76. The Morgan fingerprint density at radius 2 is 2.10 bits per heavy atom. The van der Waals surface area contributed by atoms with Crippen molar-refractivity contribution in [1.29, 1.82) is 0 Å². The molecule has 110 valence electrons. The highest BCUT2D eigenvalue weighted by Crippen LogP contribution is 2.33. The number of rotatable bonds is 1. The normalized spacial score (nSPS) is 25.8. The van der Waals surface area contributed by atoms with Crippen LogP contribution in [0.5, 0.6) is 0 Å². The van der Waals surface area contributed by atoms with Crippen LogP contribution in [-0.4, -0.2) is 40.2 Å². The van der Waals surface area contributed by atoms with Gasteiger partial charge < -0.3 is 15.4 Å². The van der Waals surface area contributed by atoms with Gasteiger partial charge in [-0.15, -0.1) is 0 Å². The number of fused-ring (bicyclic) bond motifs is 2. The van der Waals surface area contributed by atoms with Gasteiger partial charge in [-0.1, -0.05) is 12.8 Å². The van der Waals surface area contributed by atoms with Crippen LogP contribution in [0.2, 0.25) is 0 Å². The Morgan fingerprint density at radius 1 is 1.19 bits per heavy atom. The van der Waals surface area contributed by atoms with E-state index in [4.69, 9.17) is 10.5 Å². The summed E-state index contributed by atoms with van der Waals surface area (Å²) >= 11 is 0. The lowest BCUT2D eigenvalue weighted by Crippen LogP contribution is -2.53. The summed E-state index contributed by atoms with van der Waals surface area (Å²) < 4.78 is 5.94. The lowest BCUT2D eigenvalue weighted by molar-refractivity contribution is -0.00887. The smallest absolute Gasteiger partial charge is 0.166 e. The fourth-order valence-corrected chi connectivity index (χ4v) is 3.53. The van der Waals surface area contributed by atoms with Crippen LogP contribution in [0.4, 0.5) is 11.6 Å². The highest BCUT2D eigenvalue weighted by molar-refractivity contribution is 5.87. The van der Waals surface area contributed by atoms with Gasteiger partial charge in [0.05, 0.1) is 24.1 Å². The predicted octanol–water partition coefficient (Wildman–Crippen LogP) is 1.75. The second-order valence-corrected chi connectivity index (χ2v) is 5.76. The topological polar surface area (TPSA) is 77.2 Å². The number of ether oxygens (including phenoxy) is 1. The summed E-state index contributed by atoms with van der Waals surface area (Å²) in [6.45, 7) is 1.63. The summed E-state index contributed by atoms with van der Waals surface area (Å²) in [5.41, 5.74) is 6.42. The van der Waals surface area contributed by atoms with Crippen molar-refractivity contribution in [2.24, 2.45) is 0 Å². The molecule has 3 heterocycles. The number of nitrogen functional groups attached to an aromatic ring is 1. The first-order chi connectivity index (χ1) is 10.3. The average molecular weight is 285 g/mol. The molecular formula is C15H19N5O. The Labute approximate surface area is 123 Å². The van der Waals surface area contributed by atoms with Gasteiger partial charge in [-0.25, -0.2) is 15.0 Å². The molecule has 2 aromatic rings. The molecule has 0 radical (unpaired) electrons. The third-order valence-electron chi connectivity index (χ3n) is 4.50. The highest BCUT2D eigenvalue weighted by atomic mass is 16.5. The molecule has 2 atom stereocenters. The van der Waals surface area contributed by atoms with Crippen LogP contribution in [0.1, 0.15) is 25.7 Å². The third-order valence-corrected chi connectivity index (χ3v) is 4.50. The Kier molecular flexibility index (Phi) is 3.11. The first-order valence-corrected chi connectivity index (χ1v) is 7.58. The van der Waals surface area contributed by atoms with Crippen molar-refractivity contribution in [1.82, 2.24) is 15.0 Å². The monoisotopic (exact) mass is 285 g/mol. The summed E-state index contributed by atoms with van der Waals surface area (Å²) in [5, 5.41) is 0.970. The summed E-state index contributed by atoms with van der Waals surface area (Å²) in [6, 6.07) is 4.21. The van der Waals surface area contributed by atoms with Crippen molar-refractivity contribution in [2.45, 2.75) is 37.8 Å². The number of nitrogens with two attached hydrogens (primary N) is 1. The van der Waals surface area contributed by atoms with E-state index in [1.807, 2.05) is 12.1 Å². The van der Waals surface area contributed by atoms with E-state index in [2.05, 4.69) is 19.9 Å². The predicted molar refractivity (Wildman–Crippen MR) is 81.1 cm³/mol. The minimum absolute atomic E-state index is 0.333. The fraction of sp³-hybridized carbons (Fsp3) is 0.533. The molecule has 6 heteroatoms. The summed E-state index contributed by atoms with van der Waals surface area (Å²) in [7, 11) is 0.